The third-order valence-corrected chi connectivity index (χ3v) is 4.28. The molecule has 0 radical (unpaired) electrons. The van der Waals surface area contributed by atoms with Gasteiger partial charge in [-0.15, -0.1) is 0 Å². The second-order valence-corrected chi connectivity index (χ2v) is 6.43. The maximum Gasteiger partial charge on any atom is 0.433 e. The molecule has 4 aromatic rings. The molecule has 0 fully saturated rings. The molecule has 2 aromatic carbocycles. The van der Waals surface area contributed by atoms with Crippen LogP contribution in [0.25, 0.3) is 10.8 Å². The number of anilines is 2. The zero-order valence-electron chi connectivity index (χ0n) is 15.7. The monoisotopic (exact) mass is 425 g/mol. The third kappa shape index (κ3) is 4.53. The number of benzene rings is 2. The lowest BCUT2D eigenvalue weighted by Gasteiger charge is -2.11. The van der Waals surface area contributed by atoms with E-state index in [1.54, 1.807) is 42.5 Å². The summed E-state index contributed by atoms with van der Waals surface area (Å²) in [6.45, 7) is 0. The lowest BCUT2D eigenvalue weighted by atomic mass is 10.0. The second kappa shape index (κ2) is 7.90. The summed E-state index contributed by atoms with van der Waals surface area (Å²) >= 11 is 0. The van der Waals surface area contributed by atoms with Crippen molar-refractivity contribution in [2.75, 3.05) is 11.1 Å². The van der Waals surface area contributed by atoms with Gasteiger partial charge in [0.2, 0.25) is 11.8 Å². The minimum atomic E-state index is -4.61. The number of nitrogens with two attached hydrogens (primary N) is 1. The van der Waals surface area contributed by atoms with E-state index in [-0.39, 0.29) is 17.5 Å². The molecule has 0 aliphatic heterocycles. The summed E-state index contributed by atoms with van der Waals surface area (Å²) in [5, 5.41) is 3.77. The fourth-order valence-corrected chi connectivity index (χ4v) is 2.92. The normalized spacial score (nSPS) is 11.3. The highest BCUT2D eigenvalue weighted by Gasteiger charge is 2.32. The number of amides is 1. The Morgan fingerprint density at radius 2 is 1.81 bits per heavy atom. The van der Waals surface area contributed by atoms with Crippen LogP contribution in [0.15, 0.2) is 67.0 Å². The van der Waals surface area contributed by atoms with Gasteiger partial charge in [-0.2, -0.15) is 18.2 Å². The van der Waals surface area contributed by atoms with E-state index in [0.717, 1.165) is 12.3 Å². The molecule has 2 heterocycles. The highest BCUT2D eigenvalue weighted by atomic mass is 19.4. The fourth-order valence-electron chi connectivity index (χ4n) is 2.92. The zero-order chi connectivity index (χ0) is 22.0. The van der Waals surface area contributed by atoms with Crippen LogP contribution in [-0.2, 0) is 6.18 Å². The second-order valence-electron chi connectivity index (χ2n) is 6.43. The SMILES string of the molecule is Nc1nccc(Oc2ccc3c(C(=O)Nc4ccnc(C(F)(F)F)c4)cccc3c2)n1. The van der Waals surface area contributed by atoms with Gasteiger partial charge in [0.05, 0.1) is 0 Å². The molecule has 156 valence electrons. The van der Waals surface area contributed by atoms with E-state index in [4.69, 9.17) is 10.5 Å². The predicted molar refractivity (Wildman–Crippen MR) is 108 cm³/mol. The summed E-state index contributed by atoms with van der Waals surface area (Å²) in [7, 11) is 0. The number of nitrogens with zero attached hydrogens (tertiary/aromatic N) is 3. The number of hydrogen-bond acceptors (Lipinski definition) is 6. The fraction of sp³-hybridized carbons (Fsp3) is 0.0476. The topological polar surface area (TPSA) is 103 Å². The summed E-state index contributed by atoms with van der Waals surface area (Å²) in [6, 6.07) is 13.7. The van der Waals surface area contributed by atoms with Crippen molar-refractivity contribution in [3.63, 3.8) is 0 Å². The Hall–Kier alpha value is -4.21. The molecule has 7 nitrogen and oxygen atoms in total. The minimum absolute atomic E-state index is 0.00867. The lowest BCUT2D eigenvalue weighted by molar-refractivity contribution is -0.141. The van der Waals surface area contributed by atoms with Crippen molar-refractivity contribution >= 4 is 28.3 Å². The van der Waals surface area contributed by atoms with Crippen LogP contribution < -0.4 is 15.8 Å². The highest BCUT2D eigenvalue weighted by molar-refractivity contribution is 6.13. The van der Waals surface area contributed by atoms with Crippen molar-refractivity contribution in [3.8, 4) is 11.6 Å². The molecule has 0 spiro atoms. The van der Waals surface area contributed by atoms with Gasteiger partial charge in [0.25, 0.3) is 5.91 Å². The standard InChI is InChI=1S/C21H14F3N5O2/c22-21(23,24)17-11-13(6-8-26-17)28-19(30)16-3-1-2-12-10-14(4-5-15(12)16)31-18-7-9-27-20(25)29-18/h1-11H,(H2,25,27,29)(H,26,28,30). The molecule has 3 N–H and O–H groups in total. The lowest BCUT2D eigenvalue weighted by Crippen LogP contribution is -2.14. The summed E-state index contributed by atoms with van der Waals surface area (Å²) in [4.78, 5) is 23.8. The number of aromatic nitrogens is 3. The number of ether oxygens (including phenoxy) is 1. The van der Waals surface area contributed by atoms with Crippen LogP contribution in [0.1, 0.15) is 16.1 Å². The van der Waals surface area contributed by atoms with Crippen molar-refractivity contribution < 1.29 is 22.7 Å². The Labute approximate surface area is 173 Å². The first kappa shape index (κ1) is 20.1. The van der Waals surface area contributed by atoms with E-state index in [9.17, 15) is 18.0 Å². The number of fused-ring (bicyclic) bond motifs is 1. The van der Waals surface area contributed by atoms with E-state index in [2.05, 4.69) is 20.3 Å². The van der Waals surface area contributed by atoms with Crippen LogP contribution in [0, 0.1) is 0 Å². The predicted octanol–water partition coefficient (Wildman–Crippen LogP) is 4.67. The van der Waals surface area contributed by atoms with E-state index >= 15 is 0 Å². The van der Waals surface area contributed by atoms with Gasteiger partial charge < -0.3 is 15.8 Å². The number of carbonyl (C=O) groups is 1. The summed E-state index contributed by atoms with van der Waals surface area (Å²) in [5.41, 5.74) is 4.74. The molecular formula is C21H14F3N5O2. The number of halogens is 3. The first-order chi connectivity index (χ1) is 14.8. The first-order valence-corrected chi connectivity index (χ1v) is 8.93. The Bertz CT molecular complexity index is 1280. The number of nitrogens with one attached hydrogen (secondary N) is 1. The van der Waals surface area contributed by atoms with Crippen LogP contribution in [0.2, 0.25) is 0 Å². The van der Waals surface area contributed by atoms with E-state index in [1.165, 1.54) is 12.3 Å². The van der Waals surface area contributed by atoms with E-state index < -0.39 is 17.8 Å². The van der Waals surface area contributed by atoms with Gasteiger partial charge in [-0.3, -0.25) is 9.78 Å². The quantitative estimate of drug-likeness (QED) is 0.493. The molecular weight excluding hydrogens is 411 g/mol. The van der Waals surface area contributed by atoms with Crippen molar-refractivity contribution in [2.24, 2.45) is 0 Å². The van der Waals surface area contributed by atoms with Gasteiger partial charge in [-0.1, -0.05) is 12.1 Å². The molecule has 2 aromatic heterocycles. The Kier molecular flexibility index (Phi) is 5.12. The number of carbonyl (C=O) groups excluding carboxylic acids is 1. The molecule has 10 heteroatoms. The van der Waals surface area contributed by atoms with Gasteiger partial charge >= 0.3 is 6.18 Å². The number of pyridine rings is 1. The Balaban J connectivity index is 1.60. The molecule has 0 aliphatic rings. The van der Waals surface area contributed by atoms with Crippen LogP contribution in [0.5, 0.6) is 11.6 Å². The average Bonchev–Trinajstić information content (AvgIpc) is 2.73. The van der Waals surface area contributed by atoms with Crippen molar-refractivity contribution in [2.45, 2.75) is 6.18 Å². The molecule has 0 unspecified atom stereocenters. The number of hydrogen-bond donors (Lipinski definition) is 2. The molecule has 0 saturated carbocycles. The number of nitrogen functional groups attached to an aromatic ring is 1. The van der Waals surface area contributed by atoms with Gasteiger partial charge in [0, 0.05) is 29.7 Å². The van der Waals surface area contributed by atoms with Crippen molar-refractivity contribution in [3.05, 3.63) is 78.2 Å². The maximum atomic E-state index is 12.9. The van der Waals surface area contributed by atoms with Gasteiger partial charge in [0.1, 0.15) is 11.4 Å². The van der Waals surface area contributed by atoms with E-state index in [0.29, 0.717) is 22.1 Å². The molecule has 1 amide bonds. The van der Waals surface area contributed by atoms with Crippen LogP contribution in [0.4, 0.5) is 24.8 Å². The first-order valence-electron chi connectivity index (χ1n) is 8.93. The number of rotatable bonds is 4. The van der Waals surface area contributed by atoms with Gasteiger partial charge in [0.15, 0.2) is 0 Å². The Morgan fingerprint density at radius 1 is 1.00 bits per heavy atom. The summed E-state index contributed by atoms with van der Waals surface area (Å²) < 4.78 is 44.2. The maximum absolute atomic E-state index is 12.9. The Morgan fingerprint density at radius 3 is 2.58 bits per heavy atom. The van der Waals surface area contributed by atoms with Gasteiger partial charge in [-0.05, 0) is 47.2 Å². The molecule has 31 heavy (non-hydrogen) atoms. The molecule has 0 atom stereocenters. The van der Waals surface area contributed by atoms with Gasteiger partial charge in [-0.25, -0.2) is 4.98 Å². The molecule has 4 rings (SSSR count). The molecule has 0 bridgehead atoms. The highest BCUT2D eigenvalue weighted by Crippen LogP contribution is 2.30. The van der Waals surface area contributed by atoms with Crippen LogP contribution in [0.3, 0.4) is 0 Å². The largest absolute Gasteiger partial charge is 0.439 e. The zero-order valence-corrected chi connectivity index (χ0v) is 15.7. The molecule has 0 aliphatic carbocycles. The van der Waals surface area contributed by atoms with Crippen molar-refractivity contribution in [1.29, 1.82) is 0 Å². The summed E-state index contributed by atoms with van der Waals surface area (Å²) in [5.74, 6) is 0.246. The van der Waals surface area contributed by atoms with Crippen LogP contribution >= 0.6 is 0 Å². The summed E-state index contributed by atoms with van der Waals surface area (Å²) in [6.07, 6.45) is -2.15. The van der Waals surface area contributed by atoms with Crippen molar-refractivity contribution in [1.82, 2.24) is 15.0 Å². The minimum Gasteiger partial charge on any atom is -0.439 e. The van der Waals surface area contributed by atoms with Crippen LogP contribution in [-0.4, -0.2) is 20.9 Å². The van der Waals surface area contributed by atoms with E-state index in [1.807, 2.05) is 0 Å². The smallest absolute Gasteiger partial charge is 0.433 e. The average molecular weight is 425 g/mol. The molecule has 0 saturated heterocycles. The third-order valence-electron chi connectivity index (χ3n) is 4.28. The number of alkyl halides is 3.